The Morgan fingerprint density at radius 3 is 2.07 bits per heavy atom. The van der Waals surface area contributed by atoms with Gasteiger partial charge < -0.3 is 4.74 Å². The summed E-state index contributed by atoms with van der Waals surface area (Å²) in [6.45, 7) is 20.4. The Kier molecular flexibility index (Phi) is 10.4. The lowest BCUT2D eigenvalue weighted by Crippen LogP contribution is -2.52. The minimum absolute atomic E-state index is 0.157. The predicted molar refractivity (Wildman–Crippen MR) is 181 cm³/mol. The van der Waals surface area contributed by atoms with Crippen molar-refractivity contribution in [1.29, 1.82) is 0 Å². The Hall–Kier alpha value is -2.37. The average Bonchev–Trinajstić information content (AvgIpc) is 2.94. The second-order valence-corrected chi connectivity index (χ2v) is 20.9. The zero-order chi connectivity index (χ0) is 31.7. The molecule has 2 aromatic rings. The van der Waals surface area contributed by atoms with Crippen LogP contribution >= 0.6 is 11.6 Å². The fraction of sp³-hybridized carbons (Fsp3) is 0.568. The topological polar surface area (TPSA) is 46.6 Å². The maximum absolute atomic E-state index is 14.5. The van der Waals surface area contributed by atoms with E-state index in [1.165, 1.54) is 5.56 Å². The van der Waals surface area contributed by atoms with E-state index in [9.17, 15) is 9.59 Å². The van der Waals surface area contributed by atoms with Crippen molar-refractivity contribution in [3.63, 3.8) is 0 Å². The molecule has 1 heterocycles. The van der Waals surface area contributed by atoms with Gasteiger partial charge in [-0.3, -0.25) is 9.69 Å². The van der Waals surface area contributed by atoms with Gasteiger partial charge in [-0.05, 0) is 69.3 Å². The van der Waals surface area contributed by atoms with Gasteiger partial charge in [-0.2, -0.15) is 0 Å². The molecule has 0 radical (unpaired) electrons. The Morgan fingerprint density at radius 1 is 0.930 bits per heavy atom. The number of Topliss-reactive ketones (excluding diaryl/α,β-unsaturated/α-hetero) is 1. The van der Waals surface area contributed by atoms with Crippen LogP contribution in [0.5, 0.6) is 0 Å². The molecule has 2 aromatic carbocycles. The maximum atomic E-state index is 14.5. The standard InChI is InChI=1S/C37H52ClNO3Si/c1-24(2)43(25(3)4,26(5)6)35-23-39(32(22-33(35)40)28-16-18-30(38)19-17-28)36(41)42-34-21-27(7)15-20-31(34)37(8,9)29-13-11-10-12-14-29/h10-14,16-19,23-27,31-32,34H,15,20-22H2,1-9H3/t27-,31-,32+,34-/m1/s1. The van der Waals surface area contributed by atoms with Gasteiger partial charge in [0.25, 0.3) is 0 Å². The average molecular weight is 622 g/mol. The van der Waals surface area contributed by atoms with Crippen LogP contribution in [-0.4, -0.2) is 31.0 Å². The second kappa shape index (κ2) is 13.3. The van der Waals surface area contributed by atoms with Crippen molar-refractivity contribution >= 4 is 31.6 Å². The molecule has 0 aromatic heterocycles. The van der Waals surface area contributed by atoms with Gasteiger partial charge in [0.15, 0.2) is 5.78 Å². The van der Waals surface area contributed by atoms with E-state index in [-0.39, 0.29) is 35.7 Å². The number of allylic oxidation sites excluding steroid dienone is 1. The Labute approximate surface area is 266 Å². The number of nitrogens with zero attached hydrogens (tertiary/aromatic N) is 1. The zero-order valence-corrected chi connectivity index (χ0v) is 29.4. The van der Waals surface area contributed by atoms with Crippen LogP contribution in [0.1, 0.15) is 105 Å². The van der Waals surface area contributed by atoms with Gasteiger partial charge in [-0.1, -0.05) is 123 Å². The number of benzene rings is 2. The van der Waals surface area contributed by atoms with Crippen LogP contribution in [0.4, 0.5) is 4.79 Å². The number of carbonyl (C=O) groups excluding carboxylic acids is 2. The molecule has 1 amide bonds. The first-order chi connectivity index (χ1) is 20.2. The van der Waals surface area contributed by atoms with Crippen molar-refractivity contribution in [1.82, 2.24) is 4.90 Å². The number of rotatable bonds is 8. The summed E-state index contributed by atoms with van der Waals surface area (Å²) in [5.74, 6) is 0.833. The molecule has 234 valence electrons. The SMILES string of the molecule is CC(C)[Si](C1=CN(C(=O)O[C@@H]2C[C@H](C)CC[C@H]2C(C)(C)c2ccccc2)[C@H](c2ccc(Cl)cc2)CC1=O)(C(C)C)C(C)C. The lowest BCUT2D eigenvalue weighted by molar-refractivity contribution is -0.116. The Bertz CT molecular complexity index is 1280. The molecule has 1 fully saturated rings. The molecule has 4 atom stereocenters. The zero-order valence-electron chi connectivity index (χ0n) is 27.7. The van der Waals surface area contributed by atoms with Crippen LogP contribution < -0.4 is 0 Å². The highest BCUT2D eigenvalue weighted by molar-refractivity contribution is 6.93. The third-order valence-electron chi connectivity index (χ3n) is 10.8. The van der Waals surface area contributed by atoms with Gasteiger partial charge in [0.1, 0.15) is 14.2 Å². The highest BCUT2D eigenvalue weighted by Crippen LogP contribution is 2.50. The minimum Gasteiger partial charge on any atom is -0.446 e. The van der Waals surface area contributed by atoms with E-state index in [4.69, 9.17) is 16.3 Å². The molecular weight excluding hydrogens is 570 g/mol. The molecule has 4 rings (SSSR count). The summed E-state index contributed by atoms with van der Waals surface area (Å²) in [7, 11) is -2.33. The van der Waals surface area contributed by atoms with E-state index in [2.05, 4.69) is 86.6 Å². The molecule has 0 unspecified atom stereocenters. The lowest BCUT2D eigenvalue weighted by atomic mass is 9.64. The van der Waals surface area contributed by atoms with E-state index in [1.54, 1.807) is 4.90 Å². The van der Waals surface area contributed by atoms with Gasteiger partial charge >= 0.3 is 6.09 Å². The van der Waals surface area contributed by atoms with E-state index >= 15 is 0 Å². The van der Waals surface area contributed by atoms with Gasteiger partial charge in [0.2, 0.25) is 0 Å². The smallest absolute Gasteiger partial charge is 0.414 e. The van der Waals surface area contributed by atoms with E-state index in [0.29, 0.717) is 27.6 Å². The summed E-state index contributed by atoms with van der Waals surface area (Å²) in [5, 5.41) is 1.51. The van der Waals surface area contributed by atoms with Crippen molar-refractivity contribution in [3.8, 4) is 0 Å². The van der Waals surface area contributed by atoms with E-state index in [1.807, 2.05) is 36.5 Å². The van der Waals surface area contributed by atoms with Crippen LogP contribution in [0.3, 0.4) is 0 Å². The third-order valence-corrected chi connectivity index (χ3v) is 18.2. The van der Waals surface area contributed by atoms with Crippen LogP contribution in [0.25, 0.3) is 0 Å². The molecular formula is C37H52ClNO3Si. The predicted octanol–water partition coefficient (Wildman–Crippen LogP) is 10.7. The summed E-state index contributed by atoms with van der Waals surface area (Å²) in [6, 6.07) is 17.7. The first-order valence-electron chi connectivity index (χ1n) is 16.3. The van der Waals surface area contributed by atoms with Crippen LogP contribution in [0.15, 0.2) is 66.0 Å². The van der Waals surface area contributed by atoms with Gasteiger partial charge in [-0.15, -0.1) is 0 Å². The summed E-state index contributed by atoms with van der Waals surface area (Å²) in [6.07, 6.45) is 4.57. The molecule has 1 saturated carbocycles. The number of amides is 1. The quantitative estimate of drug-likeness (QED) is 0.275. The van der Waals surface area contributed by atoms with Crippen LogP contribution in [-0.2, 0) is 14.9 Å². The molecule has 1 aliphatic heterocycles. The normalized spacial score (nSPS) is 23.6. The number of ketones is 1. The molecule has 43 heavy (non-hydrogen) atoms. The summed E-state index contributed by atoms with van der Waals surface area (Å²) < 4.78 is 6.60. The number of halogens is 1. The van der Waals surface area contributed by atoms with Gasteiger partial charge in [0, 0.05) is 23.6 Å². The second-order valence-electron chi connectivity index (χ2n) is 14.6. The molecule has 0 saturated heterocycles. The fourth-order valence-corrected chi connectivity index (χ4v) is 15.6. The third kappa shape index (κ3) is 6.54. The number of hydrogen-bond acceptors (Lipinski definition) is 3. The maximum Gasteiger partial charge on any atom is 0.414 e. The van der Waals surface area contributed by atoms with Crippen LogP contribution in [0.2, 0.25) is 21.6 Å². The van der Waals surface area contributed by atoms with Crippen molar-refractivity contribution in [2.24, 2.45) is 11.8 Å². The number of ether oxygens (including phenoxy) is 1. The molecule has 1 aliphatic carbocycles. The lowest BCUT2D eigenvalue weighted by Gasteiger charge is -2.48. The molecule has 2 aliphatic rings. The minimum atomic E-state index is -2.33. The van der Waals surface area contributed by atoms with Gasteiger partial charge in [0.05, 0.1) is 6.04 Å². The number of hydrogen-bond donors (Lipinski definition) is 0. The highest BCUT2D eigenvalue weighted by atomic mass is 35.5. The van der Waals surface area contributed by atoms with Crippen molar-refractivity contribution in [3.05, 3.63) is 82.1 Å². The Morgan fingerprint density at radius 2 is 1.51 bits per heavy atom. The monoisotopic (exact) mass is 621 g/mol. The molecule has 0 spiro atoms. The number of carbonyl (C=O) groups is 2. The first-order valence-corrected chi connectivity index (χ1v) is 18.9. The summed E-state index contributed by atoms with van der Waals surface area (Å²) >= 11 is 6.24. The van der Waals surface area contributed by atoms with Crippen molar-refractivity contribution in [2.75, 3.05) is 0 Å². The molecule has 0 bridgehead atoms. The first kappa shape index (κ1) is 33.5. The van der Waals surface area contributed by atoms with Crippen molar-refractivity contribution in [2.45, 2.75) is 122 Å². The molecule has 0 N–H and O–H groups in total. The van der Waals surface area contributed by atoms with Crippen molar-refractivity contribution < 1.29 is 14.3 Å². The van der Waals surface area contributed by atoms with Gasteiger partial charge in [-0.25, -0.2) is 4.79 Å². The van der Waals surface area contributed by atoms with E-state index < -0.39 is 14.1 Å². The Balaban J connectivity index is 1.78. The molecule has 6 heteroatoms. The summed E-state index contributed by atoms with van der Waals surface area (Å²) in [4.78, 5) is 30.3. The van der Waals surface area contributed by atoms with Crippen LogP contribution in [0, 0.1) is 11.8 Å². The largest absolute Gasteiger partial charge is 0.446 e. The van der Waals surface area contributed by atoms with E-state index in [0.717, 1.165) is 30.0 Å². The highest BCUT2D eigenvalue weighted by Gasteiger charge is 2.51. The fourth-order valence-electron chi connectivity index (χ4n) is 8.67. The summed E-state index contributed by atoms with van der Waals surface area (Å²) in [5.41, 5.74) is 3.06. The molecule has 4 nitrogen and oxygen atoms in total.